The zero-order valence-electron chi connectivity index (χ0n) is 13.1. The minimum absolute atomic E-state index is 0.144. The molecule has 0 aliphatic heterocycles. The van der Waals surface area contributed by atoms with Crippen LogP contribution in [-0.4, -0.2) is 19.9 Å². The van der Waals surface area contributed by atoms with Crippen LogP contribution in [0.2, 0.25) is 0 Å². The van der Waals surface area contributed by atoms with Crippen molar-refractivity contribution in [1.82, 2.24) is 0 Å². The van der Waals surface area contributed by atoms with E-state index in [0.717, 1.165) is 24.0 Å². The van der Waals surface area contributed by atoms with Crippen LogP contribution in [0.15, 0.2) is 60.7 Å². The van der Waals surface area contributed by atoms with E-state index in [2.05, 4.69) is 41.3 Å². The number of carbonyl (C=O) groups excluding carboxylic acids is 1. The minimum atomic E-state index is 0.144. The highest BCUT2D eigenvalue weighted by molar-refractivity contribution is 5.98. The molecule has 0 spiro atoms. The number of Topliss-reactive ketones (excluding diaryl/α,β-unsaturated/α-hetero) is 1. The summed E-state index contributed by atoms with van der Waals surface area (Å²) in [7, 11) is 4.07. The van der Waals surface area contributed by atoms with E-state index >= 15 is 0 Å². The number of ketones is 1. The molecule has 0 radical (unpaired) electrons. The molecule has 22 heavy (non-hydrogen) atoms. The van der Waals surface area contributed by atoms with Gasteiger partial charge in [-0.3, -0.25) is 4.79 Å². The summed E-state index contributed by atoms with van der Waals surface area (Å²) in [5.41, 5.74) is 4.32. The van der Waals surface area contributed by atoms with Gasteiger partial charge in [0.2, 0.25) is 0 Å². The van der Waals surface area contributed by atoms with Crippen LogP contribution in [0.5, 0.6) is 0 Å². The van der Waals surface area contributed by atoms with Crippen LogP contribution in [0.3, 0.4) is 0 Å². The fraction of sp³-hybridized carbons (Fsp3) is 0.250. The van der Waals surface area contributed by atoms with Crippen molar-refractivity contribution in [2.24, 2.45) is 5.92 Å². The van der Waals surface area contributed by atoms with Crippen molar-refractivity contribution in [2.45, 2.75) is 12.8 Å². The van der Waals surface area contributed by atoms with Crippen molar-refractivity contribution in [1.29, 1.82) is 0 Å². The summed E-state index contributed by atoms with van der Waals surface area (Å²) in [6, 6.07) is 16.4. The third-order valence-corrected chi connectivity index (χ3v) is 4.27. The molecule has 0 fully saturated rings. The number of allylic oxidation sites excluding steroid dienone is 2. The van der Waals surface area contributed by atoms with Gasteiger partial charge in [-0.1, -0.05) is 48.6 Å². The van der Waals surface area contributed by atoms with E-state index in [1.807, 2.05) is 38.4 Å². The molecule has 0 amide bonds. The zero-order chi connectivity index (χ0) is 15.5. The first-order valence-corrected chi connectivity index (χ1v) is 7.72. The molecule has 0 bridgehead atoms. The first-order chi connectivity index (χ1) is 10.6. The molecule has 1 aliphatic rings. The van der Waals surface area contributed by atoms with Gasteiger partial charge in [0, 0.05) is 31.3 Å². The molecule has 0 unspecified atom stereocenters. The second kappa shape index (κ2) is 6.18. The average molecular weight is 291 g/mol. The van der Waals surface area contributed by atoms with E-state index < -0.39 is 0 Å². The molecule has 0 saturated carbocycles. The van der Waals surface area contributed by atoms with Crippen molar-refractivity contribution >= 4 is 11.5 Å². The quantitative estimate of drug-likeness (QED) is 0.607. The summed E-state index contributed by atoms with van der Waals surface area (Å²) in [6.07, 6.45) is 5.96. The first kappa shape index (κ1) is 14.6. The molecule has 0 N–H and O–H groups in total. The van der Waals surface area contributed by atoms with Gasteiger partial charge in [0.15, 0.2) is 5.78 Å². The van der Waals surface area contributed by atoms with Crippen LogP contribution in [0, 0.1) is 5.92 Å². The molecule has 1 aliphatic carbocycles. The van der Waals surface area contributed by atoms with E-state index in [9.17, 15) is 4.79 Å². The third-order valence-electron chi connectivity index (χ3n) is 4.27. The molecule has 2 heteroatoms. The first-order valence-electron chi connectivity index (χ1n) is 7.72. The Labute approximate surface area is 132 Å². The van der Waals surface area contributed by atoms with Crippen LogP contribution in [0.25, 0.3) is 11.1 Å². The zero-order valence-corrected chi connectivity index (χ0v) is 13.1. The Morgan fingerprint density at radius 2 is 1.36 bits per heavy atom. The second-order valence-electron chi connectivity index (χ2n) is 6.02. The summed E-state index contributed by atoms with van der Waals surface area (Å²) in [5.74, 6) is 0.407. The van der Waals surface area contributed by atoms with Gasteiger partial charge in [-0.05, 0) is 36.1 Å². The minimum Gasteiger partial charge on any atom is -0.378 e. The molecule has 0 saturated heterocycles. The van der Waals surface area contributed by atoms with Crippen molar-refractivity contribution in [2.75, 3.05) is 19.0 Å². The molecule has 2 aromatic rings. The maximum Gasteiger partial charge on any atom is 0.166 e. The molecule has 2 nitrogen and oxygen atoms in total. The van der Waals surface area contributed by atoms with E-state index in [1.54, 1.807) is 0 Å². The van der Waals surface area contributed by atoms with Crippen LogP contribution in [0.1, 0.15) is 23.2 Å². The van der Waals surface area contributed by atoms with Crippen LogP contribution in [0.4, 0.5) is 5.69 Å². The number of hydrogen-bond donors (Lipinski definition) is 0. The topological polar surface area (TPSA) is 20.3 Å². The van der Waals surface area contributed by atoms with Crippen LogP contribution >= 0.6 is 0 Å². The van der Waals surface area contributed by atoms with Gasteiger partial charge in [-0.25, -0.2) is 0 Å². The Morgan fingerprint density at radius 3 is 1.86 bits per heavy atom. The van der Waals surface area contributed by atoms with E-state index in [4.69, 9.17) is 0 Å². The lowest BCUT2D eigenvalue weighted by molar-refractivity contribution is 0.0926. The van der Waals surface area contributed by atoms with Gasteiger partial charge in [0.1, 0.15) is 0 Å². The molecule has 3 rings (SSSR count). The maximum atomic E-state index is 12.4. The average Bonchev–Trinajstić information content (AvgIpc) is 3.09. The molecule has 2 aromatic carbocycles. The highest BCUT2D eigenvalue weighted by Crippen LogP contribution is 2.26. The fourth-order valence-electron chi connectivity index (χ4n) is 2.85. The molecule has 0 aromatic heterocycles. The van der Waals surface area contributed by atoms with Gasteiger partial charge in [-0.2, -0.15) is 0 Å². The standard InChI is InChI=1S/C20H21NO/c1-21(2)19-13-11-16(12-14-19)15-7-9-18(10-8-15)20(22)17-5-3-4-6-17/h3-4,7-14,17H,5-6H2,1-2H3. The Bertz CT molecular complexity index is 673. The van der Waals surface area contributed by atoms with Crippen LogP contribution < -0.4 is 4.90 Å². The normalized spacial score (nSPS) is 14.3. The summed E-state index contributed by atoms with van der Waals surface area (Å²) in [6.45, 7) is 0. The molecule has 112 valence electrons. The predicted octanol–water partition coefficient (Wildman–Crippen LogP) is 4.57. The Kier molecular flexibility index (Phi) is 4.10. The predicted molar refractivity (Wildman–Crippen MR) is 92.4 cm³/mol. The Balaban J connectivity index is 1.77. The Hall–Kier alpha value is -2.35. The lowest BCUT2D eigenvalue weighted by Gasteiger charge is -2.13. The maximum absolute atomic E-state index is 12.4. The molecular weight excluding hydrogens is 270 g/mol. The second-order valence-corrected chi connectivity index (χ2v) is 6.02. The summed E-state index contributed by atoms with van der Waals surface area (Å²) in [5, 5.41) is 0. The molecular formula is C20H21NO. The fourth-order valence-corrected chi connectivity index (χ4v) is 2.85. The monoisotopic (exact) mass is 291 g/mol. The van der Waals surface area contributed by atoms with Gasteiger partial charge >= 0.3 is 0 Å². The van der Waals surface area contributed by atoms with Gasteiger partial charge in [0.05, 0.1) is 0 Å². The van der Waals surface area contributed by atoms with Crippen molar-refractivity contribution in [3.8, 4) is 11.1 Å². The van der Waals surface area contributed by atoms with E-state index in [0.29, 0.717) is 0 Å². The lowest BCUT2D eigenvalue weighted by Crippen LogP contribution is -2.11. The summed E-state index contributed by atoms with van der Waals surface area (Å²) < 4.78 is 0. The molecule has 0 atom stereocenters. The Morgan fingerprint density at radius 1 is 0.864 bits per heavy atom. The number of benzene rings is 2. The third kappa shape index (κ3) is 2.96. The number of nitrogens with zero attached hydrogens (tertiary/aromatic N) is 1. The molecule has 0 heterocycles. The van der Waals surface area contributed by atoms with Crippen molar-refractivity contribution < 1.29 is 4.79 Å². The van der Waals surface area contributed by atoms with Gasteiger partial charge < -0.3 is 4.90 Å². The highest BCUT2D eigenvalue weighted by Gasteiger charge is 2.20. The summed E-state index contributed by atoms with van der Waals surface area (Å²) in [4.78, 5) is 14.5. The van der Waals surface area contributed by atoms with Crippen LogP contribution in [-0.2, 0) is 0 Å². The van der Waals surface area contributed by atoms with Crippen molar-refractivity contribution in [3.05, 3.63) is 66.2 Å². The number of rotatable bonds is 4. The summed E-state index contributed by atoms with van der Waals surface area (Å²) >= 11 is 0. The lowest BCUT2D eigenvalue weighted by atomic mass is 9.94. The van der Waals surface area contributed by atoms with Gasteiger partial charge in [-0.15, -0.1) is 0 Å². The SMILES string of the molecule is CN(C)c1ccc(-c2ccc(C(=O)C3CC=CC3)cc2)cc1. The number of anilines is 1. The van der Waals surface area contributed by atoms with Crippen molar-refractivity contribution in [3.63, 3.8) is 0 Å². The van der Waals surface area contributed by atoms with Gasteiger partial charge in [0.25, 0.3) is 0 Å². The van der Waals surface area contributed by atoms with E-state index in [1.165, 1.54) is 11.3 Å². The van der Waals surface area contributed by atoms with E-state index in [-0.39, 0.29) is 11.7 Å². The number of carbonyl (C=O) groups is 1. The number of hydrogen-bond acceptors (Lipinski definition) is 2. The highest BCUT2D eigenvalue weighted by atomic mass is 16.1. The smallest absolute Gasteiger partial charge is 0.166 e. The largest absolute Gasteiger partial charge is 0.378 e.